The van der Waals surface area contributed by atoms with Crippen molar-refractivity contribution in [2.24, 2.45) is 0 Å². The first-order valence-corrected chi connectivity index (χ1v) is 12.5. The normalized spacial score (nSPS) is 14.1. The third-order valence-corrected chi connectivity index (χ3v) is 6.48. The van der Waals surface area contributed by atoms with Crippen LogP contribution in [0.4, 0.5) is 14.9 Å². The van der Waals surface area contributed by atoms with Gasteiger partial charge in [0.2, 0.25) is 5.91 Å². The lowest BCUT2D eigenvalue weighted by molar-refractivity contribution is -0.127. The minimum atomic E-state index is -0.714. The van der Waals surface area contributed by atoms with E-state index in [-0.39, 0.29) is 18.1 Å². The van der Waals surface area contributed by atoms with Gasteiger partial charge in [-0.15, -0.1) is 0 Å². The van der Waals surface area contributed by atoms with E-state index >= 15 is 0 Å². The Morgan fingerprint density at radius 1 is 1.08 bits per heavy atom. The number of imide groups is 1. The molecule has 0 atom stereocenters. The number of anilines is 1. The molecule has 0 unspecified atom stereocenters. The van der Waals surface area contributed by atoms with Crippen molar-refractivity contribution < 1.29 is 28.2 Å². The third kappa shape index (κ3) is 6.17. The fraction of sp³-hybridized carbons (Fsp3) is 0.115. The van der Waals surface area contributed by atoms with E-state index in [2.05, 4.69) is 42.5 Å². The lowest BCUT2D eigenvalue weighted by Crippen LogP contribution is -2.38. The van der Waals surface area contributed by atoms with E-state index in [1.807, 2.05) is 0 Å². The number of methoxy groups -OCH3 is 1. The van der Waals surface area contributed by atoms with Gasteiger partial charge in [-0.25, -0.2) is 14.1 Å². The Balaban J connectivity index is 1.45. The van der Waals surface area contributed by atoms with Crippen molar-refractivity contribution >= 4 is 61.5 Å². The van der Waals surface area contributed by atoms with Gasteiger partial charge in [-0.3, -0.25) is 9.59 Å². The molecule has 1 fully saturated rings. The number of hydrogen-bond acceptors (Lipinski definition) is 5. The summed E-state index contributed by atoms with van der Waals surface area (Å²) in [5.41, 5.74) is 1.40. The van der Waals surface area contributed by atoms with E-state index in [0.717, 1.165) is 4.90 Å². The zero-order chi connectivity index (χ0) is 26.5. The predicted octanol–water partition coefficient (Wildman–Crippen LogP) is 5.47. The molecule has 0 aromatic heterocycles. The summed E-state index contributed by atoms with van der Waals surface area (Å²) in [5, 5.41) is 5.13. The van der Waals surface area contributed by atoms with Crippen molar-refractivity contribution in [2.75, 3.05) is 19.0 Å². The minimum absolute atomic E-state index is 0.00826. The fourth-order valence-electron chi connectivity index (χ4n) is 3.53. The number of ether oxygens (including phenoxy) is 2. The summed E-state index contributed by atoms with van der Waals surface area (Å²) in [6.45, 7) is -0.457. The molecular weight excluding hydrogens is 613 g/mol. The maximum absolute atomic E-state index is 13.9. The van der Waals surface area contributed by atoms with Crippen molar-refractivity contribution in [3.63, 3.8) is 0 Å². The highest BCUT2D eigenvalue weighted by molar-refractivity contribution is 9.11. The summed E-state index contributed by atoms with van der Waals surface area (Å²) < 4.78 is 26.0. The number of carbonyl (C=O) groups excluding carboxylic acids is 3. The molecule has 1 aliphatic rings. The molecule has 0 bridgehead atoms. The highest BCUT2D eigenvalue weighted by atomic mass is 79.9. The van der Waals surface area contributed by atoms with Gasteiger partial charge in [-0.1, -0.05) is 30.3 Å². The predicted molar refractivity (Wildman–Crippen MR) is 142 cm³/mol. The number of para-hydroxylation sites is 2. The van der Waals surface area contributed by atoms with Gasteiger partial charge < -0.3 is 20.1 Å². The van der Waals surface area contributed by atoms with Crippen LogP contribution >= 0.6 is 31.9 Å². The number of rotatable bonds is 8. The topological polar surface area (TPSA) is 97.0 Å². The Kier molecular flexibility index (Phi) is 8.24. The minimum Gasteiger partial charge on any atom is -0.495 e. The molecule has 4 amide bonds. The summed E-state index contributed by atoms with van der Waals surface area (Å²) in [7, 11) is 1.47. The van der Waals surface area contributed by atoms with E-state index in [0.29, 0.717) is 37.3 Å². The Morgan fingerprint density at radius 2 is 1.76 bits per heavy atom. The number of halogens is 3. The fourth-order valence-corrected chi connectivity index (χ4v) is 4.98. The molecule has 0 aliphatic carbocycles. The highest BCUT2D eigenvalue weighted by Gasteiger charge is 2.35. The van der Waals surface area contributed by atoms with Crippen LogP contribution in [-0.2, 0) is 16.2 Å². The second-order valence-corrected chi connectivity index (χ2v) is 9.53. The molecule has 0 saturated carbocycles. The van der Waals surface area contributed by atoms with Crippen LogP contribution in [0.5, 0.6) is 11.5 Å². The van der Waals surface area contributed by atoms with E-state index in [9.17, 15) is 18.8 Å². The van der Waals surface area contributed by atoms with Crippen LogP contribution in [0.2, 0.25) is 0 Å². The largest absolute Gasteiger partial charge is 0.495 e. The lowest BCUT2D eigenvalue weighted by Gasteiger charge is -2.13. The SMILES string of the molecule is COc1ccccc1NC(=O)CN1C(=O)N/C(=C/c2cc(Br)c(OCc3ccccc3F)c(Br)c2)C1=O. The summed E-state index contributed by atoms with van der Waals surface area (Å²) in [4.78, 5) is 38.6. The van der Waals surface area contributed by atoms with E-state index in [4.69, 9.17) is 9.47 Å². The van der Waals surface area contributed by atoms with Crippen molar-refractivity contribution in [3.05, 3.63) is 92.3 Å². The van der Waals surface area contributed by atoms with Crippen molar-refractivity contribution in [1.29, 1.82) is 0 Å². The Hall–Kier alpha value is -3.70. The number of amides is 4. The number of nitrogens with one attached hydrogen (secondary N) is 2. The Morgan fingerprint density at radius 3 is 2.46 bits per heavy atom. The molecule has 1 aliphatic heterocycles. The summed E-state index contributed by atoms with van der Waals surface area (Å²) in [5.74, 6) is -0.677. The molecule has 1 heterocycles. The van der Waals surface area contributed by atoms with E-state index < -0.39 is 24.4 Å². The van der Waals surface area contributed by atoms with Gasteiger partial charge in [-0.2, -0.15) is 0 Å². The number of urea groups is 1. The van der Waals surface area contributed by atoms with Crippen LogP contribution in [-0.4, -0.2) is 36.4 Å². The van der Waals surface area contributed by atoms with Gasteiger partial charge in [0.15, 0.2) is 0 Å². The standard InChI is InChI=1S/C26H20Br2FN3O5/c1-36-22-9-5-4-8-20(22)30-23(33)13-32-25(34)21(31-26(32)35)12-15-10-17(27)24(18(28)11-15)37-14-16-6-2-3-7-19(16)29/h2-12H,13-14H2,1H3,(H,30,33)(H,31,35)/b21-12+. The highest BCUT2D eigenvalue weighted by Crippen LogP contribution is 2.36. The number of carbonyl (C=O) groups is 3. The molecule has 4 rings (SSSR count). The van der Waals surface area contributed by atoms with Crippen molar-refractivity contribution in [3.8, 4) is 11.5 Å². The summed E-state index contributed by atoms with van der Waals surface area (Å²) in [6, 6.07) is 15.8. The molecule has 37 heavy (non-hydrogen) atoms. The first-order valence-electron chi connectivity index (χ1n) is 10.9. The van der Waals surface area contributed by atoms with Crippen LogP contribution in [0.25, 0.3) is 6.08 Å². The molecule has 0 radical (unpaired) electrons. The quantitative estimate of drug-likeness (QED) is 0.254. The zero-order valence-electron chi connectivity index (χ0n) is 19.4. The summed E-state index contributed by atoms with van der Waals surface area (Å²) >= 11 is 6.86. The summed E-state index contributed by atoms with van der Waals surface area (Å²) in [6.07, 6.45) is 1.48. The maximum Gasteiger partial charge on any atom is 0.329 e. The average Bonchev–Trinajstić information content (AvgIpc) is 3.12. The van der Waals surface area contributed by atoms with Gasteiger partial charge in [-0.05, 0) is 73.8 Å². The monoisotopic (exact) mass is 631 g/mol. The van der Waals surface area contributed by atoms with Gasteiger partial charge in [0.05, 0.1) is 21.7 Å². The Labute approximate surface area is 228 Å². The van der Waals surface area contributed by atoms with Crippen molar-refractivity contribution in [1.82, 2.24) is 10.2 Å². The lowest BCUT2D eigenvalue weighted by atomic mass is 10.1. The van der Waals surface area contributed by atoms with Gasteiger partial charge in [0.25, 0.3) is 5.91 Å². The van der Waals surface area contributed by atoms with E-state index in [1.165, 1.54) is 19.3 Å². The molecule has 0 spiro atoms. The van der Waals surface area contributed by atoms with Crippen molar-refractivity contribution in [2.45, 2.75) is 6.61 Å². The molecule has 3 aromatic carbocycles. The zero-order valence-corrected chi connectivity index (χ0v) is 22.6. The first-order chi connectivity index (χ1) is 17.8. The van der Waals surface area contributed by atoms with E-state index in [1.54, 1.807) is 54.6 Å². The second kappa shape index (κ2) is 11.6. The number of benzene rings is 3. The molecule has 1 saturated heterocycles. The molecule has 2 N–H and O–H groups in total. The number of hydrogen-bond donors (Lipinski definition) is 2. The van der Waals surface area contributed by atoms with Crippen LogP contribution < -0.4 is 20.1 Å². The first kappa shape index (κ1) is 26.4. The molecule has 3 aromatic rings. The smallest absolute Gasteiger partial charge is 0.329 e. The maximum atomic E-state index is 13.9. The second-order valence-electron chi connectivity index (χ2n) is 7.82. The van der Waals surface area contributed by atoms with Crippen LogP contribution in [0.3, 0.4) is 0 Å². The third-order valence-electron chi connectivity index (χ3n) is 5.31. The average molecular weight is 633 g/mol. The van der Waals surface area contributed by atoms with Crippen LogP contribution in [0.1, 0.15) is 11.1 Å². The molecular formula is C26H20Br2FN3O5. The molecule has 190 valence electrons. The van der Waals surface area contributed by atoms with Gasteiger partial charge >= 0.3 is 6.03 Å². The Bertz CT molecular complexity index is 1390. The van der Waals surface area contributed by atoms with Crippen LogP contribution in [0.15, 0.2) is 75.3 Å². The number of nitrogens with zero attached hydrogens (tertiary/aromatic N) is 1. The van der Waals surface area contributed by atoms with Gasteiger partial charge in [0, 0.05) is 5.56 Å². The molecule has 11 heteroatoms. The molecule has 8 nitrogen and oxygen atoms in total. The van der Waals surface area contributed by atoms with Gasteiger partial charge in [0.1, 0.15) is 36.2 Å². The van der Waals surface area contributed by atoms with Crippen LogP contribution in [0, 0.1) is 5.82 Å².